The summed E-state index contributed by atoms with van der Waals surface area (Å²) < 4.78 is 5.26. The molecule has 0 radical (unpaired) electrons. The maximum absolute atomic E-state index is 12.7. The van der Waals surface area contributed by atoms with E-state index in [1.54, 1.807) is 6.07 Å². The molecule has 1 heterocycles. The van der Waals surface area contributed by atoms with E-state index in [0.29, 0.717) is 17.7 Å². The normalized spacial score (nSPS) is 16.5. The summed E-state index contributed by atoms with van der Waals surface area (Å²) in [5, 5.41) is 2.16. The molecule has 0 aromatic heterocycles. The first-order chi connectivity index (χ1) is 11.7. The van der Waals surface area contributed by atoms with E-state index in [1.807, 2.05) is 60.7 Å². The zero-order valence-electron chi connectivity index (χ0n) is 13.1. The molecule has 3 nitrogen and oxygen atoms in total. The number of rotatable bonds is 3. The molecule has 0 spiro atoms. The molecule has 1 atom stereocenters. The molecule has 4 rings (SSSR count). The van der Waals surface area contributed by atoms with E-state index < -0.39 is 0 Å². The zero-order chi connectivity index (χ0) is 16.5. The van der Waals surface area contributed by atoms with Gasteiger partial charge in [0.15, 0.2) is 5.78 Å². The van der Waals surface area contributed by atoms with E-state index in [-0.39, 0.29) is 24.1 Å². The average molecular weight is 316 g/mol. The molecule has 1 aliphatic heterocycles. The topological polar surface area (TPSA) is 43.4 Å². The van der Waals surface area contributed by atoms with Crippen LogP contribution in [0.4, 0.5) is 0 Å². The quantitative estimate of drug-likeness (QED) is 0.406. The summed E-state index contributed by atoms with van der Waals surface area (Å²) in [7, 11) is 0. The van der Waals surface area contributed by atoms with Crippen LogP contribution in [0.2, 0.25) is 0 Å². The number of Topliss-reactive ketones (excluding diaryl/α,β-unsaturated/α-hetero) is 1. The second-order valence-electron chi connectivity index (χ2n) is 6.10. The van der Waals surface area contributed by atoms with Crippen molar-refractivity contribution in [1.82, 2.24) is 0 Å². The van der Waals surface area contributed by atoms with E-state index in [1.165, 1.54) is 0 Å². The number of para-hydroxylation sites is 1. The monoisotopic (exact) mass is 316 g/mol. The lowest BCUT2D eigenvalue weighted by Crippen LogP contribution is -2.22. The Bertz CT molecular complexity index is 942. The van der Waals surface area contributed by atoms with Crippen LogP contribution in [0.15, 0.2) is 66.7 Å². The maximum Gasteiger partial charge on any atom is 0.311 e. The summed E-state index contributed by atoms with van der Waals surface area (Å²) in [6.45, 7) is 0. The van der Waals surface area contributed by atoms with Gasteiger partial charge in [0.2, 0.25) is 0 Å². The molecule has 0 saturated carbocycles. The first-order valence-electron chi connectivity index (χ1n) is 8.02. The Balaban J connectivity index is 1.62. The van der Waals surface area contributed by atoms with E-state index in [9.17, 15) is 9.59 Å². The fourth-order valence-electron chi connectivity index (χ4n) is 3.27. The predicted octanol–water partition coefficient (Wildman–Crippen LogP) is 4.51. The molecule has 0 saturated heterocycles. The van der Waals surface area contributed by atoms with Crippen molar-refractivity contribution in [3.8, 4) is 5.75 Å². The molecule has 118 valence electrons. The van der Waals surface area contributed by atoms with E-state index in [4.69, 9.17) is 4.74 Å². The second-order valence-corrected chi connectivity index (χ2v) is 6.10. The molecule has 0 bridgehead atoms. The highest BCUT2D eigenvalue weighted by Gasteiger charge is 2.28. The van der Waals surface area contributed by atoms with Crippen LogP contribution in [0.3, 0.4) is 0 Å². The summed E-state index contributed by atoms with van der Waals surface area (Å²) >= 11 is 0. The number of ether oxygens (including phenoxy) is 1. The molecule has 0 amide bonds. The maximum atomic E-state index is 12.7. The van der Waals surface area contributed by atoms with Crippen molar-refractivity contribution >= 4 is 22.5 Å². The van der Waals surface area contributed by atoms with Gasteiger partial charge in [0, 0.05) is 17.9 Å². The highest BCUT2D eigenvalue weighted by atomic mass is 16.5. The molecule has 3 heteroatoms. The number of hydrogen-bond acceptors (Lipinski definition) is 3. The lowest BCUT2D eigenvalue weighted by Gasteiger charge is -2.23. The number of hydrogen-bond donors (Lipinski definition) is 0. The van der Waals surface area contributed by atoms with Gasteiger partial charge in [0.1, 0.15) is 5.75 Å². The van der Waals surface area contributed by atoms with Crippen molar-refractivity contribution in [2.24, 2.45) is 0 Å². The fourth-order valence-corrected chi connectivity index (χ4v) is 3.27. The minimum atomic E-state index is -0.273. The van der Waals surface area contributed by atoms with E-state index in [0.717, 1.165) is 16.3 Å². The van der Waals surface area contributed by atoms with Gasteiger partial charge in [-0.3, -0.25) is 9.59 Å². The zero-order valence-corrected chi connectivity index (χ0v) is 13.1. The van der Waals surface area contributed by atoms with Crippen molar-refractivity contribution in [2.75, 3.05) is 0 Å². The van der Waals surface area contributed by atoms with Gasteiger partial charge in [-0.15, -0.1) is 0 Å². The molecule has 1 aliphatic rings. The third-order valence-electron chi connectivity index (χ3n) is 4.50. The van der Waals surface area contributed by atoms with Gasteiger partial charge in [0.25, 0.3) is 0 Å². The van der Waals surface area contributed by atoms with Gasteiger partial charge >= 0.3 is 5.97 Å². The molecule has 0 fully saturated rings. The first-order valence-corrected chi connectivity index (χ1v) is 8.02. The first kappa shape index (κ1) is 14.6. The lowest BCUT2D eigenvalue weighted by molar-refractivity contribution is -0.135. The average Bonchev–Trinajstić information content (AvgIpc) is 2.61. The number of fused-ring (bicyclic) bond motifs is 2. The highest BCUT2D eigenvalue weighted by Crippen LogP contribution is 2.36. The Hall–Kier alpha value is -2.94. The second kappa shape index (κ2) is 5.93. The van der Waals surface area contributed by atoms with Gasteiger partial charge in [-0.2, -0.15) is 0 Å². The molecule has 0 aliphatic carbocycles. The molecular formula is C21H16O3. The van der Waals surface area contributed by atoms with Crippen molar-refractivity contribution < 1.29 is 14.3 Å². The van der Waals surface area contributed by atoms with Crippen LogP contribution in [-0.2, 0) is 4.79 Å². The number of carbonyl (C=O) groups excluding carboxylic acids is 2. The largest absolute Gasteiger partial charge is 0.426 e. The molecule has 0 N–H and O–H groups in total. The third kappa shape index (κ3) is 2.69. The molecule has 3 aromatic rings. The van der Waals surface area contributed by atoms with Crippen LogP contribution in [-0.4, -0.2) is 11.8 Å². The number of ketones is 1. The summed E-state index contributed by atoms with van der Waals surface area (Å²) in [5.74, 6) is 0.228. The molecule has 24 heavy (non-hydrogen) atoms. The van der Waals surface area contributed by atoms with E-state index in [2.05, 4.69) is 0 Å². The van der Waals surface area contributed by atoms with E-state index >= 15 is 0 Å². The van der Waals surface area contributed by atoms with Gasteiger partial charge in [-0.05, 0) is 28.5 Å². The third-order valence-corrected chi connectivity index (χ3v) is 4.50. The van der Waals surface area contributed by atoms with Crippen LogP contribution in [0.25, 0.3) is 10.8 Å². The van der Waals surface area contributed by atoms with Gasteiger partial charge in [-0.25, -0.2) is 0 Å². The molecular weight excluding hydrogens is 300 g/mol. The number of benzene rings is 3. The smallest absolute Gasteiger partial charge is 0.311 e. The van der Waals surface area contributed by atoms with Crippen LogP contribution in [0.1, 0.15) is 34.7 Å². The summed E-state index contributed by atoms with van der Waals surface area (Å²) in [6.07, 6.45) is 0.556. The SMILES string of the molecule is O=C1CC(CC(=O)c2ccc3ccccc3c2)c2ccccc2O1. The van der Waals surface area contributed by atoms with Crippen molar-refractivity contribution in [1.29, 1.82) is 0 Å². The van der Waals surface area contributed by atoms with Crippen LogP contribution < -0.4 is 4.74 Å². The van der Waals surface area contributed by atoms with Crippen molar-refractivity contribution in [3.05, 3.63) is 77.9 Å². The number of esters is 1. The minimum Gasteiger partial charge on any atom is -0.426 e. The summed E-state index contributed by atoms with van der Waals surface area (Å²) in [4.78, 5) is 24.5. The lowest BCUT2D eigenvalue weighted by atomic mass is 9.87. The summed E-state index contributed by atoms with van der Waals surface area (Å²) in [5.41, 5.74) is 1.62. The summed E-state index contributed by atoms with van der Waals surface area (Å²) in [6, 6.07) is 21.2. The molecule has 1 unspecified atom stereocenters. The van der Waals surface area contributed by atoms with Gasteiger partial charge in [-0.1, -0.05) is 54.6 Å². The predicted molar refractivity (Wildman–Crippen MR) is 92.3 cm³/mol. The van der Waals surface area contributed by atoms with Gasteiger partial charge < -0.3 is 4.74 Å². The van der Waals surface area contributed by atoms with Crippen molar-refractivity contribution in [3.63, 3.8) is 0 Å². The van der Waals surface area contributed by atoms with Gasteiger partial charge in [0.05, 0.1) is 6.42 Å². The van der Waals surface area contributed by atoms with Crippen LogP contribution in [0, 0.1) is 0 Å². The van der Waals surface area contributed by atoms with Crippen molar-refractivity contribution in [2.45, 2.75) is 18.8 Å². The highest BCUT2D eigenvalue weighted by molar-refractivity contribution is 6.00. The molecule has 3 aromatic carbocycles. The van der Waals surface area contributed by atoms with Crippen LogP contribution in [0.5, 0.6) is 5.75 Å². The Morgan fingerprint density at radius 3 is 2.58 bits per heavy atom. The Morgan fingerprint density at radius 1 is 0.958 bits per heavy atom. The Labute approximate surface area is 139 Å². The Morgan fingerprint density at radius 2 is 1.71 bits per heavy atom. The Kier molecular flexibility index (Phi) is 3.62. The van der Waals surface area contributed by atoms with Crippen LogP contribution >= 0.6 is 0 Å². The standard InChI is InChI=1S/C21H16O3/c22-19(16-10-9-14-5-1-2-6-15(14)11-16)12-17-13-21(23)24-20-8-4-3-7-18(17)20/h1-11,17H,12-13H2. The minimum absolute atomic E-state index is 0.0512. The fraction of sp³-hybridized carbons (Fsp3) is 0.143. The number of carbonyl (C=O) groups is 2.